The minimum absolute atomic E-state index is 0.0718. The summed E-state index contributed by atoms with van der Waals surface area (Å²) in [5.74, 6) is 0.860. The summed E-state index contributed by atoms with van der Waals surface area (Å²) >= 11 is 0. The molecule has 1 fully saturated rings. The maximum Gasteiger partial charge on any atom is 0.193 e. The number of epoxide rings is 1. The first-order chi connectivity index (χ1) is 12.6. The van der Waals surface area contributed by atoms with Gasteiger partial charge in [0.25, 0.3) is 0 Å². The van der Waals surface area contributed by atoms with E-state index in [1.807, 2.05) is 36.4 Å². The fourth-order valence-corrected chi connectivity index (χ4v) is 3.27. The third-order valence-electron chi connectivity index (χ3n) is 4.86. The van der Waals surface area contributed by atoms with E-state index in [1.54, 1.807) is 0 Å². The molecule has 1 heterocycles. The SMILES string of the molecule is CC(C)(C)c1ccccc1C(=O)c1ccc(OCC2CO2)cc1C(C)(C)C. The van der Waals surface area contributed by atoms with Crippen molar-refractivity contribution in [2.75, 3.05) is 13.2 Å². The van der Waals surface area contributed by atoms with Crippen LogP contribution in [-0.4, -0.2) is 25.1 Å². The molecule has 144 valence electrons. The third-order valence-corrected chi connectivity index (χ3v) is 4.86. The van der Waals surface area contributed by atoms with E-state index in [-0.39, 0.29) is 22.7 Å². The fourth-order valence-electron chi connectivity index (χ4n) is 3.27. The Balaban J connectivity index is 2.01. The van der Waals surface area contributed by atoms with Crippen molar-refractivity contribution < 1.29 is 14.3 Å². The van der Waals surface area contributed by atoms with Crippen LogP contribution in [0.2, 0.25) is 0 Å². The number of rotatable bonds is 5. The minimum Gasteiger partial charge on any atom is -0.491 e. The van der Waals surface area contributed by atoms with Crippen LogP contribution in [0.1, 0.15) is 68.6 Å². The Bertz CT molecular complexity index is 833. The Morgan fingerprint density at radius 2 is 1.56 bits per heavy atom. The molecule has 2 aromatic carbocycles. The van der Waals surface area contributed by atoms with E-state index in [4.69, 9.17) is 9.47 Å². The molecule has 0 aromatic heterocycles. The molecule has 3 rings (SSSR count). The zero-order valence-corrected chi connectivity index (χ0v) is 17.3. The maximum absolute atomic E-state index is 13.5. The highest BCUT2D eigenvalue weighted by molar-refractivity contribution is 6.11. The van der Waals surface area contributed by atoms with Crippen molar-refractivity contribution in [3.05, 3.63) is 64.7 Å². The molecule has 0 N–H and O–H groups in total. The van der Waals surface area contributed by atoms with Crippen molar-refractivity contribution in [1.29, 1.82) is 0 Å². The van der Waals surface area contributed by atoms with E-state index in [0.29, 0.717) is 6.61 Å². The van der Waals surface area contributed by atoms with Gasteiger partial charge >= 0.3 is 0 Å². The van der Waals surface area contributed by atoms with Gasteiger partial charge in [-0.3, -0.25) is 4.79 Å². The Labute approximate surface area is 162 Å². The van der Waals surface area contributed by atoms with Gasteiger partial charge in [0.1, 0.15) is 18.5 Å². The highest BCUT2D eigenvalue weighted by atomic mass is 16.6. The zero-order chi connectivity index (χ0) is 19.8. The van der Waals surface area contributed by atoms with Gasteiger partial charge in [-0.05, 0) is 40.2 Å². The lowest BCUT2D eigenvalue weighted by molar-refractivity contribution is 0.103. The molecule has 1 aliphatic heterocycles. The largest absolute Gasteiger partial charge is 0.491 e. The van der Waals surface area contributed by atoms with E-state index >= 15 is 0 Å². The summed E-state index contributed by atoms with van der Waals surface area (Å²) in [5, 5.41) is 0. The van der Waals surface area contributed by atoms with Crippen molar-refractivity contribution in [3.8, 4) is 5.75 Å². The molecule has 0 aliphatic carbocycles. The summed E-state index contributed by atoms with van der Waals surface area (Å²) in [6.45, 7) is 14.1. The van der Waals surface area contributed by atoms with Crippen LogP contribution in [-0.2, 0) is 15.6 Å². The predicted molar refractivity (Wildman–Crippen MR) is 109 cm³/mol. The molecule has 0 spiro atoms. The van der Waals surface area contributed by atoms with Gasteiger partial charge in [0.15, 0.2) is 5.78 Å². The molecule has 0 bridgehead atoms. The standard InChI is InChI=1S/C24H30O3/c1-23(2,3)20-10-8-7-9-18(20)22(25)19-12-11-16(26-14-17-15-27-17)13-21(19)24(4,5)6/h7-13,17H,14-15H2,1-6H3. The average Bonchev–Trinajstić information content (AvgIpc) is 3.42. The van der Waals surface area contributed by atoms with Gasteiger partial charge in [0.05, 0.1) is 6.61 Å². The summed E-state index contributed by atoms with van der Waals surface area (Å²) in [6, 6.07) is 13.7. The molecular weight excluding hydrogens is 336 g/mol. The number of carbonyl (C=O) groups is 1. The molecule has 0 radical (unpaired) electrons. The van der Waals surface area contributed by atoms with Gasteiger partial charge in [0.2, 0.25) is 0 Å². The van der Waals surface area contributed by atoms with E-state index in [1.165, 1.54) is 0 Å². The number of hydrogen-bond acceptors (Lipinski definition) is 3. The lowest BCUT2D eigenvalue weighted by Gasteiger charge is -2.26. The van der Waals surface area contributed by atoms with Gasteiger partial charge in [-0.1, -0.05) is 65.8 Å². The van der Waals surface area contributed by atoms with Crippen LogP contribution in [0, 0.1) is 0 Å². The first kappa shape index (κ1) is 19.6. The fraction of sp³-hybridized carbons (Fsp3) is 0.458. The maximum atomic E-state index is 13.5. The Morgan fingerprint density at radius 3 is 2.15 bits per heavy atom. The summed E-state index contributed by atoms with van der Waals surface area (Å²) < 4.78 is 11.1. The monoisotopic (exact) mass is 366 g/mol. The summed E-state index contributed by atoms with van der Waals surface area (Å²) in [6.07, 6.45) is 0.211. The topological polar surface area (TPSA) is 38.8 Å². The van der Waals surface area contributed by atoms with Crippen LogP contribution >= 0.6 is 0 Å². The van der Waals surface area contributed by atoms with E-state index in [0.717, 1.165) is 34.6 Å². The summed E-state index contributed by atoms with van der Waals surface area (Å²) in [4.78, 5) is 13.5. The van der Waals surface area contributed by atoms with Crippen LogP contribution in [0.4, 0.5) is 0 Å². The average molecular weight is 367 g/mol. The number of ether oxygens (including phenoxy) is 2. The third kappa shape index (κ3) is 4.59. The number of carbonyl (C=O) groups excluding carboxylic acids is 1. The minimum atomic E-state index is -0.170. The highest BCUT2D eigenvalue weighted by Crippen LogP contribution is 2.33. The van der Waals surface area contributed by atoms with Crippen molar-refractivity contribution in [3.63, 3.8) is 0 Å². The molecular formula is C24H30O3. The molecule has 0 amide bonds. The van der Waals surface area contributed by atoms with Gasteiger partial charge in [0, 0.05) is 11.1 Å². The molecule has 1 unspecified atom stereocenters. The second-order valence-corrected chi connectivity index (χ2v) is 9.35. The highest BCUT2D eigenvalue weighted by Gasteiger charge is 2.28. The molecule has 0 saturated carbocycles. The quantitative estimate of drug-likeness (QED) is 0.533. The summed E-state index contributed by atoms with van der Waals surface area (Å²) in [7, 11) is 0. The van der Waals surface area contributed by atoms with Crippen LogP contribution in [0.3, 0.4) is 0 Å². The lowest BCUT2D eigenvalue weighted by Crippen LogP contribution is -2.21. The molecule has 1 saturated heterocycles. The van der Waals surface area contributed by atoms with Crippen molar-refractivity contribution >= 4 is 5.78 Å². The molecule has 1 atom stereocenters. The molecule has 3 heteroatoms. The van der Waals surface area contributed by atoms with Crippen LogP contribution in [0.25, 0.3) is 0 Å². The molecule has 3 nitrogen and oxygen atoms in total. The Hall–Kier alpha value is -2.13. The zero-order valence-electron chi connectivity index (χ0n) is 17.3. The van der Waals surface area contributed by atoms with Gasteiger partial charge in [-0.25, -0.2) is 0 Å². The molecule has 2 aromatic rings. The van der Waals surface area contributed by atoms with Crippen LogP contribution in [0.15, 0.2) is 42.5 Å². The summed E-state index contributed by atoms with van der Waals surface area (Å²) in [5.41, 5.74) is 3.33. The van der Waals surface area contributed by atoms with Gasteiger partial charge < -0.3 is 9.47 Å². The van der Waals surface area contributed by atoms with Crippen LogP contribution < -0.4 is 4.74 Å². The molecule has 1 aliphatic rings. The lowest BCUT2D eigenvalue weighted by atomic mass is 9.78. The van der Waals surface area contributed by atoms with Gasteiger partial charge in [-0.2, -0.15) is 0 Å². The number of hydrogen-bond donors (Lipinski definition) is 0. The molecule has 27 heavy (non-hydrogen) atoms. The number of benzene rings is 2. The van der Waals surface area contributed by atoms with Crippen molar-refractivity contribution in [2.45, 2.75) is 58.5 Å². The Morgan fingerprint density at radius 1 is 0.963 bits per heavy atom. The normalized spacial score (nSPS) is 16.9. The Kier molecular flexibility index (Phi) is 5.18. The first-order valence-corrected chi connectivity index (χ1v) is 9.60. The second-order valence-electron chi connectivity index (χ2n) is 9.35. The van der Waals surface area contributed by atoms with Crippen LogP contribution in [0.5, 0.6) is 5.75 Å². The van der Waals surface area contributed by atoms with E-state index in [2.05, 4.69) is 47.6 Å². The van der Waals surface area contributed by atoms with Crippen molar-refractivity contribution in [2.24, 2.45) is 0 Å². The van der Waals surface area contributed by atoms with E-state index in [9.17, 15) is 4.79 Å². The van der Waals surface area contributed by atoms with Gasteiger partial charge in [-0.15, -0.1) is 0 Å². The predicted octanol–water partition coefficient (Wildman–Crippen LogP) is 5.29. The van der Waals surface area contributed by atoms with E-state index < -0.39 is 0 Å². The second kappa shape index (κ2) is 7.12. The van der Waals surface area contributed by atoms with Crippen molar-refractivity contribution in [1.82, 2.24) is 0 Å². The first-order valence-electron chi connectivity index (χ1n) is 9.60. The number of ketones is 1. The smallest absolute Gasteiger partial charge is 0.193 e.